The Bertz CT molecular complexity index is 277. The Labute approximate surface area is 98.6 Å². The molecule has 0 radical (unpaired) electrons. The molecule has 0 bridgehead atoms. The van der Waals surface area contributed by atoms with Crippen LogP contribution in [0.3, 0.4) is 0 Å². The molecular weight excluding hydrogens is 234 g/mol. The minimum atomic E-state index is -3.18. The highest BCUT2D eigenvalue weighted by atomic mass is 35.5. The fourth-order valence-corrected chi connectivity index (χ4v) is 3.74. The third-order valence-corrected chi connectivity index (χ3v) is 4.48. The lowest BCUT2D eigenvalue weighted by atomic mass is 9.97. The minimum Gasteiger partial charge on any atom is -0.212 e. The lowest BCUT2D eigenvalue weighted by Gasteiger charge is -2.28. The summed E-state index contributed by atoms with van der Waals surface area (Å²) in [5, 5.41) is 0. The zero-order valence-corrected chi connectivity index (χ0v) is 11.6. The van der Waals surface area contributed by atoms with Crippen LogP contribution in [-0.4, -0.2) is 25.6 Å². The first-order chi connectivity index (χ1) is 6.74. The molecule has 0 aromatic rings. The van der Waals surface area contributed by atoms with Gasteiger partial charge in [0.25, 0.3) is 0 Å². The maximum absolute atomic E-state index is 11.7. The molecule has 0 saturated carbocycles. The van der Waals surface area contributed by atoms with E-state index in [4.69, 9.17) is 11.6 Å². The van der Waals surface area contributed by atoms with E-state index in [1.807, 2.05) is 27.7 Å². The molecule has 1 N–H and O–H groups in total. The third kappa shape index (κ3) is 6.38. The highest BCUT2D eigenvalue weighted by Crippen LogP contribution is 2.17. The molecule has 0 aliphatic carbocycles. The Balaban J connectivity index is 4.53. The highest BCUT2D eigenvalue weighted by Gasteiger charge is 2.27. The van der Waals surface area contributed by atoms with Crippen molar-refractivity contribution in [3.05, 3.63) is 0 Å². The molecule has 0 aromatic carbocycles. The van der Waals surface area contributed by atoms with E-state index in [0.717, 1.165) is 6.42 Å². The van der Waals surface area contributed by atoms with Crippen molar-refractivity contribution in [2.75, 3.05) is 11.6 Å². The summed E-state index contributed by atoms with van der Waals surface area (Å²) in [5.41, 5.74) is -0.407. The Kier molecular flexibility index (Phi) is 6.14. The Morgan fingerprint density at radius 2 is 1.93 bits per heavy atom. The second-order valence-electron chi connectivity index (χ2n) is 4.63. The van der Waals surface area contributed by atoms with Gasteiger partial charge >= 0.3 is 0 Å². The zero-order chi connectivity index (χ0) is 12.1. The third-order valence-electron chi connectivity index (χ3n) is 2.38. The number of alkyl halides is 1. The van der Waals surface area contributed by atoms with Crippen LogP contribution in [0.15, 0.2) is 0 Å². The second kappa shape index (κ2) is 6.06. The van der Waals surface area contributed by atoms with Crippen LogP contribution in [0, 0.1) is 5.92 Å². The van der Waals surface area contributed by atoms with Gasteiger partial charge in [0.1, 0.15) is 0 Å². The number of sulfonamides is 1. The average molecular weight is 256 g/mol. The summed E-state index contributed by atoms with van der Waals surface area (Å²) in [6.07, 6.45) is 1.40. The standard InChI is InChI=1S/C10H22ClNO2S/c1-5-10(4,6-7-11)12-15(13,14)8-9(2)3/h9,12H,5-8H2,1-4H3. The van der Waals surface area contributed by atoms with E-state index in [2.05, 4.69) is 4.72 Å². The molecule has 5 heteroatoms. The monoisotopic (exact) mass is 255 g/mol. The van der Waals surface area contributed by atoms with E-state index in [9.17, 15) is 8.42 Å². The van der Waals surface area contributed by atoms with Gasteiger partial charge in [-0.3, -0.25) is 0 Å². The molecule has 1 unspecified atom stereocenters. The van der Waals surface area contributed by atoms with Gasteiger partial charge < -0.3 is 0 Å². The van der Waals surface area contributed by atoms with E-state index < -0.39 is 15.6 Å². The van der Waals surface area contributed by atoms with Crippen LogP contribution in [0.1, 0.15) is 40.5 Å². The van der Waals surface area contributed by atoms with Crippen molar-refractivity contribution < 1.29 is 8.42 Å². The van der Waals surface area contributed by atoms with Crippen molar-refractivity contribution in [2.24, 2.45) is 5.92 Å². The first-order valence-corrected chi connectivity index (χ1v) is 7.51. The van der Waals surface area contributed by atoms with Gasteiger partial charge in [-0.25, -0.2) is 13.1 Å². The summed E-state index contributed by atoms with van der Waals surface area (Å²) in [4.78, 5) is 0. The Hall–Kier alpha value is 0.200. The molecule has 3 nitrogen and oxygen atoms in total. The van der Waals surface area contributed by atoms with Crippen LogP contribution in [0.4, 0.5) is 0 Å². The van der Waals surface area contributed by atoms with Crippen LogP contribution in [0.25, 0.3) is 0 Å². The lowest BCUT2D eigenvalue weighted by Crippen LogP contribution is -2.47. The normalized spacial score (nSPS) is 16.7. The molecule has 0 fully saturated rings. The van der Waals surface area contributed by atoms with Gasteiger partial charge in [-0.15, -0.1) is 11.6 Å². The quantitative estimate of drug-likeness (QED) is 0.710. The van der Waals surface area contributed by atoms with E-state index in [0.29, 0.717) is 12.3 Å². The van der Waals surface area contributed by atoms with E-state index >= 15 is 0 Å². The number of rotatable bonds is 7. The molecule has 0 aliphatic rings. The average Bonchev–Trinajstić information content (AvgIpc) is 2.00. The first kappa shape index (κ1) is 15.2. The van der Waals surface area contributed by atoms with Gasteiger partial charge in [0.15, 0.2) is 0 Å². The summed E-state index contributed by atoms with van der Waals surface area (Å²) in [7, 11) is -3.18. The molecule has 0 saturated heterocycles. The number of hydrogen-bond acceptors (Lipinski definition) is 2. The van der Waals surface area contributed by atoms with Crippen molar-refractivity contribution in [3.8, 4) is 0 Å². The molecule has 0 aromatic heterocycles. The Morgan fingerprint density at radius 1 is 1.40 bits per heavy atom. The summed E-state index contributed by atoms with van der Waals surface area (Å²) >= 11 is 5.66. The van der Waals surface area contributed by atoms with E-state index in [1.165, 1.54) is 0 Å². The zero-order valence-electron chi connectivity index (χ0n) is 10.0. The first-order valence-electron chi connectivity index (χ1n) is 5.32. The van der Waals surface area contributed by atoms with Crippen molar-refractivity contribution in [3.63, 3.8) is 0 Å². The van der Waals surface area contributed by atoms with E-state index in [-0.39, 0.29) is 11.7 Å². The van der Waals surface area contributed by atoms with Gasteiger partial charge in [-0.05, 0) is 25.7 Å². The molecule has 0 spiro atoms. The topological polar surface area (TPSA) is 46.2 Å². The number of halogens is 1. The van der Waals surface area contributed by atoms with Crippen LogP contribution >= 0.6 is 11.6 Å². The molecule has 0 aliphatic heterocycles. The van der Waals surface area contributed by atoms with Crippen LogP contribution < -0.4 is 4.72 Å². The number of nitrogens with one attached hydrogen (secondary N) is 1. The minimum absolute atomic E-state index is 0.139. The van der Waals surface area contributed by atoms with Crippen molar-refractivity contribution in [1.29, 1.82) is 0 Å². The molecule has 0 heterocycles. The van der Waals surface area contributed by atoms with Crippen LogP contribution in [0.2, 0.25) is 0 Å². The SMILES string of the molecule is CCC(C)(CCCl)NS(=O)(=O)CC(C)C. The maximum atomic E-state index is 11.7. The lowest BCUT2D eigenvalue weighted by molar-refractivity contribution is 0.389. The summed E-state index contributed by atoms with van der Waals surface area (Å²) in [5.74, 6) is 0.777. The Morgan fingerprint density at radius 3 is 2.27 bits per heavy atom. The van der Waals surface area contributed by atoms with Gasteiger partial charge in [-0.2, -0.15) is 0 Å². The predicted molar refractivity (Wildman–Crippen MR) is 65.8 cm³/mol. The molecular formula is C10H22ClNO2S. The smallest absolute Gasteiger partial charge is 0.212 e. The van der Waals surface area contributed by atoms with Gasteiger partial charge in [0.2, 0.25) is 10.0 Å². The number of hydrogen-bond donors (Lipinski definition) is 1. The van der Waals surface area contributed by atoms with Crippen molar-refractivity contribution in [1.82, 2.24) is 4.72 Å². The molecule has 0 rings (SSSR count). The summed E-state index contributed by atoms with van der Waals surface area (Å²) in [6.45, 7) is 7.64. The molecule has 1 atom stereocenters. The second-order valence-corrected chi connectivity index (χ2v) is 6.78. The van der Waals surface area contributed by atoms with Gasteiger partial charge in [-0.1, -0.05) is 20.8 Å². The van der Waals surface area contributed by atoms with Crippen molar-refractivity contribution in [2.45, 2.75) is 46.1 Å². The summed E-state index contributed by atoms with van der Waals surface area (Å²) < 4.78 is 26.2. The van der Waals surface area contributed by atoms with Crippen LogP contribution in [-0.2, 0) is 10.0 Å². The van der Waals surface area contributed by atoms with Gasteiger partial charge in [0, 0.05) is 11.4 Å². The maximum Gasteiger partial charge on any atom is 0.212 e. The predicted octanol–water partition coefficient (Wildman–Crippen LogP) is 2.36. The fraction of sp³-hybridized carbons (Fsp3) is 1.00. The highest BCUT2D eigenvalue weighted by molar-refractivity contribution is 7.89. The van der Waals surface area contributed by atoms with E-state index in [1.54, 1.807) is 0 Å². The van der Waals surface area contributed by atoms with Crippen LogP contribution in [0.5, 0.6) is 0 Å². The summed E-state index contributed by atoms with van der Waals surface area (Å²) in [6, 6.07) is 0. The molecule has 15 heavy (non-hydrogen) atoms. The molecule has 92 valence electrons. The largest absolute Gasteiger partial charge is 0.212 e. The van der Waals surface area contributed by atoms with Gasteiger partial charge in [0.05, 0.1) is 5.75 Å². The van der Waals surface area contributed by atoms with Crippen molar-refractivity contribution >= 4 is 21.6 Å². The fourth-order valence-electron chi connectivity index (χ4n) is 1.36. The molecule has 0 amide bonds.